The zero-order valence-electron chi connectivity index (χ0n) is 15.2. The molecule has 3 rings (SSSR count). The van der Waals surface area contributed by atoms with E-state index < -0.39 is 6.10 Å². The quantitative estimate of drug-likeness (QED) is 0.765. The number of halogens is 1. The standard InChI is InChI=1S/C21H25ClN2O3/c22-17-6-8-20(9-7-17)27-15-19(25)14-24-12-10-18(11-13-24)23-21(26)16-4-2-1-3-5-16/h1-9,18-19,25H,10-15H2,(H,23,26). The number of ether oxygens (including phenoxy) is 1. The molecule has 2 N–H and O–H groups in total. The highest BCUT2D eigenvalue weighted by Gasteiger charge is 2.22. The predicted molar refractivity (Wildman–Crippen MR) is 106 cm³/mol. The normalized spacial score (nSPS) is 16.7. The number of nitrogens with zero attached hydrogens (tertiary/aromatic N) is 1. The molecule has 0 spiro atoms. The maximum absolute atomic E-state index is 12.2. The number of rotatable bonds is 7. The molecule has 1 aliphatic heterocycles. The van der Waals surface area contributed by atoms with Gasteiger partial charge < -0.3 is 20.1 Å². The summed E-state index contributed by atoms with van der Waals surface area (Å²) >= 11 is 5.84. The molecular formula is C21H25ClN2O3. The third-order valence-electron chi connectivity index (χ3n) is 4.68. The van der Waals surface area contributed by atoms with Gasteiger partial charge >= 0.3 is 0 Å². The zero-order chi connectivity index (χ0) is 19.1. The predicted octanol–water partition coefficient (Wildman–Crippen LogP) is 2.97. The molecule has 0 bridgehead atoms. The minimum Gasteiger partial charge on any atom is -0.491 e. The molecule has 2 aromatic rings. The van der Waals surface area contributed by atoms with Gasteiger partial charge in [-0.3, -0.25) is 4.79 Å². The van der Waals surface area contributed by atoms with Crippen LogP contribution in [0.25, 0.3) is 0 Å². The van der Waals surface area contributed by atoms with E-state index in [2.05, 4.69) is 10.2 Å². The summed E-state index contributed by atoms with van der Waals surface area (Å²) in [4.78, 5) is 14.4. The molecule has 5 nitrogen and oxygen atoms in total. The van der Waals surface area contributed by atoms with Gasteiger partial charge in [-0.1, -0.05) is 29.8 Å². The van der Waals surface area contributed by atoms with Crippen molar-refractivity contribution in [3.8, 4) is 5.75 Å². The highest BCUT2D eigenvalue weighted by Crippen LogP contribution is 2.16. The van der Waals surface area contributed by atoms with Crippen LogP contribution < -0.4 is 10.1 Å². The molecule has 2 aromatic carbocycles. The van der Waals surface area contributed by atoms with Crippen LogP contribution in [-0.4, -0.2) is 54.3 Å². The van der Waals surface area contributed by atoms with Crippen molar-refractivity contribution in [2.75, 3.05) is 26.2 Å². The van der Waals surface area contributed by atoms with Gasteiger partial charge in [-0.2, -0.15) is 0 Å². The van der Waals surface area contributed by atoms with Gasteiger partial charge in [0.15, 0.2) is 0 Å². The van der Waals surface area contributed by atoms with Crippen LogP contribution in [0.3, 0.4) is 0 Å². The first-order chi connectivity index (χ1) is 13.1. The number of benzene rings is 2. The summed E-state index contributed by atoms with van der Waals surface area (Å²) in [7, 11) is 0. The van der Waals surface area contributed by atoms with Crippen molar-refractivity contribution in [3.05, 3.63) is 65.2 Å². The molecule has 1 heterocycles. The number of hydrogen-bond donors (Lipinski definition) is 2. The molecule has 1 saturated heterocycles. The number of likely N-dealkylation sites (tertiary alicyclic amines) is 1. The van der Waals surface area contributed by atoms with Gasteiger partial charge in [0.05, 0.1) is 0 Å². The summed E-state index contributed by atoms with van der Waals surface area (Å²) < 4.78 is 5.59. The van der Waals surface area contributed by atoms with Crippen LogP contribution in [-0.2, 0) is 0 Å². The van der Waals surface area contributed by atoms with Crippen molar-refractivity contribution in [3.63, 3.8) is 0 Å². The van der Waals surface area contributed by atoms with Gasteiger partial charge in [0, 0.05) is 36.3 Å². The summed E-state index contributed by atoms with van der Waals surface area (Å²) in [5, 5.41) is 14.0. The van der Waals surface area contributed by atoms with Gasteiger partial charge in [0.25, 0.3) is 5.91 Å². The zero-order valence-corrected chi connectivity index (χ0v) is 15.9. The van der Waals surface area contributed by atoms with E-state index in [1.165, 1.54) is 0 Å². The highest BCUT2D eigenvalue weighted by molar-refractivity contribution is 6.30. The largest absolute Gasteiger partial charge is 0.491 e. The number of piperidine rings is 1. The fourth-order valence-corrected chi connectivity index (χ4v) is 3.32. The van der Waals surface area contributed by atoms with Gasteiger partial charge in [0.1, 0.15) is 18.5 Å². The van der Waals surface area contributed by atoms with Crippen LogP contribution in [0.5, 0.6) is 5.75 Å². The van der Waals surface area contributed by atoms with Crippen molar-refractivity contribution in [2.45, 2.75) is 25.0 Å². The summed E-state index contributed by atoms with van der Waals surface area (Å²) in [5.74, 6) is 0.672. The monoisotopic (exact) mass is 388 g/mol. The average Bonchev–Trinajstić information content (AvgIpc) is 2.70. The SMILES string of the molecule is O=C(NC1CCN(CC(O)COc2ccc(Cl)cc2)CC1)c1ccccc1. The summed E-state index contributed by atoms with van der Waals surface area (Å²) in [6.07, 6.45) is 1.20. The molecule has 1 amide bonds. The smallest absolute Gasteiger partial charge is 0.251 e. The summed E-state index contributed by atoms with van der Waals surface area (Å²) in [6.45, 7) is 2.49. The molecule has 0 radical (unpaired) electrons. The number of β-amino-alcohol motifs (C(OH)–C–C–N with tert-alkyl or cyclic N) is 1. The lowest BCUT2D eigenvalue weighted by atomic mass is 10.0. The molecule has 27 heavy (non-hydrogen) atoms. The first-order valence-corrected chi connectivity index (χ1v) is 9.62. The molecule has 144 valence electrons. The lowest BCUT2D eigenvalue weighted by molar-refractivity contribution is 0.0568. The lowest BCUT2D eigenvalue weighted by Gasteiger charge is -2.33. The molecule has 1 fully saturated rings. The number of carbonyl (C=O) groups is 1. The van der Waals surface area contributed by atoms with E-state index in [0.717, 1.165) is 25.9 Å². The Morgan fingerprint density at radius 1 is 1.15 bits per heavy atom. The van der Waals surface area contributed by atoms with Crippen LogP contribution >= 0.6 is 11.6 Å². The molecule has 0 aliphatic carbocycles. The Kier molecular flexibility index (Phi) is 7.10. The third kappa shape index (κ3) is 6.24. The second-order valence-corrected chi connectivity index (χ2v) is 7.27. The number of nitrogens with one attached hydrogen (secondary N) is 1. The second kappa shape index (κ2) is 9.74. The fraction of sp³-hybridized carbons (Fsp3) is 0.381. The van der Waals surface area contributed by atoms with Crippen molar-refractivity contribution in [1.29, 1.82) is 0 Å². The number of aliphatic hydroxyl groups is 1. The Bertz CT molecular complexity index is 716. The lowest BCUT2D eigenvalue weighted by Crippen LogP contribution is -2.47. The van der Waals surface area contributed by atoms with E-state index in [0.29, 0.717) is 22.9 Å². The molecule has 1 aliphatic rings. The van der Waals surface area contributed by atoms with Crippen LogP contribution in [0.2, 0.25) is 5.02 Å². The van der Waals surface area contributed by atoms with Crippen LogP contribution in [0.4, 0.5) is 0 Å². The molecule has 1 atom stereocenters. The van der Waals surface area contributed by atoms with E-state index in [9.17, 15) is 9.90 Å². The Hall–Kier alpha value is -2.08. The number of amides is 1. The third-order valence-corrected chi connectivity index (χ3v) is 4.94. The number of carbonyl (C=O) groups excluding carboxylic acids is 1. The van der Waals surface area contributed by atoms with Gasteiger partial charge in [-0.05, 0) is 49.2 Å². The molecule has 6 heteroatoms. The van der Waals surface area contributed by atoms with Gasteiger partial charge in [0.2, 0.25) is 0 Å². The van der Waals surface area contributed by atoms with Crippen molar-refractivity contribution in [2.24, 2.45) is 0 Å². The molecule has 1 unspecified atom stereocenters. The van der Waals surface area contributed by atoms with Crippen LogP contribution in [0.1, 0.15) is 23.2 Å². The van der Waals surface area contributed by atoms with E-state index >= 15 is 0 Å². The van der Waals surface area contributed by atoms with E-state index in [1.807, 2.05) is 30.3 Å². The van der Waals surface area contributed by atoms with Crippen molar-refractivity contribution < 1.29 is 14.6 Å². The molecule has 0 saturated carbocycles. The first-order valence-electron chi connectivity index (χ1n) is 9.25. The Balaban J connectivity index is 1.36. The van der Waals surface area contributed by atoms with Crippen molar-refractivity contribution in [1.82, 2.24) is 10.2 Å². The topological polar surface area (TPSA) is 61.8 Å². The first kappa shape index (κ1) is 19.7. The molecule has 0 aromatic heterocycles. The highest BCUT2D eigenvalue weighted by atomic mass is 35.5. The van der Waals surface area contributed by atoms with E-state index in [-0.39, 0.29) is 18.6 Å². The van der Waals surface area contributed by atoms with Crippen molar-refractivity contribution >= 4 is 17.5 Å². The van der Waals surface area contributed by atoms with Crippen LogP contribution in [0.15, 0.2) is 54.6 Å². The maximum atomic E-state index is 12.2. The summed E-state index contributed by atoms with van der Waals surface area (Å²) in [5.41, 5.74) is 0.690. The fourth-order valence-electron chi connectivity index (χ4n) is 3.19. The molecular weight excluding hydrogens is 364 g/mol. The van der Waals surface area contributed by atoms with E-state index in [1.54, 1.807) is 24.3 Å². The Morgan fingerprint density at radius 3 is 2.48 bits per heavy atom. The number of hydrogen-bond acceptors (Lipinski definition) is 4. The van der Waals surface area contributed by atoms with Gasteiger partial charge in [-0.25, -0.2) is 0 Å². The minimum atomic E-state index is -0.559. The average molecular weight is 389 g/mol. The van der Waals surface area contributed by atoms with Crippen LogP contribution in [0, 0.1) is 0 Å². The van der Waals surface area contributed by atoms with E-state index in [4.69, 9.17) is 16.3 Å². The maximum Gasteiger partial charge on any atom is 0.251 e. The Labute approximate surface area is 164 Å². The Morgan fingerprint density at radius 2 is 1.81 bits per heavy atom. The number of aliphatic hydroxyl groups excluding tert-OH is 1. The minimum absolute atomic E-state index is 0.0227. The summed E-state index contributed by atoms with van der Waals surface area (Å²) in [6, 6.07) is 16.6. The second-order valence-electron chi connectivity index (χ2n) is 6.83. The van der Waals surface area contributed by atoms with Gasteiger partial charge in [-0.15, -0.1) is 0 Å².